The van der Waals surface area contributed by atoms with Gasteiger partial charge in [-0.1, -0.05) is 25.5 Å². The van der Waals surface area contributed by atoms with Crippen LogP contribution >= 0.6 is 0 Å². The Kier molecular flexibility index (Phi) is 6.72. The highest BCUT2D eigenvalue weighted by Gasteiger charge is 2.18. The van der Waals surface area contributed by atoms with Gasteiger partial charge in [0.05, 0.1) is 6.61 Å². The van der Waals surface area contributed by atoms with Gasteiger partial charge in [-0.2, -0.15) is 0 Å². The first-order valence-electron chi connectivity index (χ1n) is 8.34. The molecule has 1 saturated heterocycles. The molecule has 0 saturated carbocycles. The summed E-state index contributed by atoms with van der Waals surface area (Å²) >= 11 is 0. The summed E-state index contributed by atoms with van der Waals surface area (Å²) in [5.74, 6) is 0.364. The Bertz CT molecular complexity index is 481. The summed E-state index contributed by atoms with van der Waals surface area (Å²) < 4.78 is 11.2. The maximum Gasteiger partial charge on any atom is 0.342 e. The smallest absolute Gasteiger partial charge is 0.342 e. The van der Waals surface area contributed by atoms with Crippen LogP contribution in [0, 0.1) is 6.92 Å². The summed E-state index contributed by atoms with van der Waals surface area (Å²) in [4.78, 5) is 14.7. The molecule has 122 valence electrons. The number of nitrogens with zero attached hydrogens (tertiary/aromatic N) is 1. The van der Waals surface area contributed by atoms with Crippen molar-refractivity contribution >= 4 is 5.97 Å². The number of carbonyl (C=O) groups excluding carboxylic acids is 1. The SMILES string of the molecule is CCCCOc1cccc(C)c1C(=O)OCCN1CCCC1. The fourth-order valence-corrected chi connectivity index (χ4v) is 2.70. The molecule has 1 heterocycles. The van der Waals surface area contributed by atoms with E-state index in [-0.39, 0.29) is 5.97 Å². The second kappa shape index (κ2) is 8.79. The van der Waals surface area contributed by atoms with Crippen molar-refractivity contribution in [2.24, 2.45) is 0 Å². The summed E-state index contributed by atoms with van der Waals surface area (Å²) in [5.41, 5.74) is 1.47. The lowest BCUT2D eigenvalue weighted by atomic mass is 10.1. The van der Waals surface area contributed by atoms with Crippen molar-refractivity contribution in [1.82, 2.24) is 4.90 Å². The van der Waals surface area contributed by atoms with Crippen molar-refractivity contribution < 1.29 is 14.3 Å². The van der Waals surface area contributed by atoms with E-state index >= 15 is 0 Å². The Labute approximate surface area is 133 Å². The Hall–Kier alpha value is -1.55. The molecule has 0 aromatic heterocycles. The first kappa shape index (κ1) is 16.8. The Morgan fingerprint density at radius 2 is 2.00 bits per heavy atom. The van der Waals surface area contributed by atoms with Gasteiger partial charge in [0.1, 0.15) is 17.9 Å². The van der Waals surface area contributed by atoms with E-state index in [1.807, 2.05) is 25.1 Å². The third-order valence-corrected chi connectivity index (χ3v) is 4.03. The van der Waals surface area contributed by atoms with Crippen LogP contribution in [0.4, 0.5) is 0 Å². The molecule has 1 aromatic rings. The van der Waals surface area contributed by atoms with Gasteiger partial charge < -0.3 is 9.47 Å². The number of hydrogen-bond donors (Lipinski definition) is 0. The van der Waals surface area contributed by atoms with Crippen LogP contribution in [0.3, 0.4) is 0 Å². The van der Waals surface area contributed by atoms with Gasteiger partial charge in [-0.3, -0.25) is 4.90 Å². The van der Waals surface area contributed by atoms with Gasteiger partial charge in [-0.25, -0.2) is 4.79 Å². The zero-order chi connectivity index (χ0) is 15.8. The molecule has 2 rings (SSSR count). The van der Waals surface area contributed by atoms with Gasteiger partial charge in [-0.15, -0.1) is 0 Å². The van der Waals surface area contributed by atoms with E-state index in [1.54, 1.807) is 0 Å². The highest BCUT2D eigenvalue weighted by atomic mass is 16.5. The number of unbranched alkanes of at least 4 members (excludes halogenated alkanes) is 1. The van der Waals surface area contributed by atoms with Gasteiger partial charge in [-0.05, 0) is 50.9 Å². The molecule has 4 nitrogen and oxygen atoms in total. The van der Waals surface area contributed by atoms with E-state index in [2.05, 4.69) is 11.8 Å². The monoisotopic (exact) mass is 305 g/mol. The molecule has 0 radical (unpaired) electrons. The summed E-state index contributed by atoms with van der Waals surface area (Å²) in [5, 5.41) is 0. The number of esters is 1. The molecule has 22 heavy (non-hydrogen) atoms. The first-order valence-corrected chi connectivity index (χ1v) is 8.34. The second-order valence-corrected chi connectivity index (χ2v) is 5.83. The van der Waals surface area contributed by atoms with Crippen molar-refractivity contribution in [3.63, 3.8) is 0 Å². The predicted octanol–water partition coefficient (Wildman–Crippen LogP) is 3.43. The molecular weight excluding hydrogens is 278 g/mol. The number of ether oxygens (including phenoxy) is 2. The summed E-state index contributed by atoms with van der Waals surface area (Å²) in [6.07, 6.45) is 4.56. The highest BCUT2D eigenvalue weighted by Crippen LogP contribution is 2.23. The van der Waals surface area contributed by atoms with Crippen molar-refractivity contribution in [2.75, 3.05) is 32.8 Å². The molecule has 0 unspecified atom stereocenters. The molecule has 1 aromatic carbocycles. The van der Waals surface area contributed by atoms with Crippen LogP contribution in [0.1, 0.15) is 48.5 Å². The molecule has 1 aliphatic heterocycles. The molecule has 0 aliphatic carbocycles. The quantitative estimate of drug-likeness (QED) is 0.545. The number of rotatable bonds is 8. The highest BCUT2D eigenvalue weighted by molar-refractivity contribution is 5.94. The molecule has 0 atom stereocenters. The van der Waals surface area contributed by atoms with E-state index in [9.17, 15) is 4.79 Å². The van der Waals surface area contributed by atoms with Crippen LogP contribution < -0.4 is 4.74 Å². The number of benzene rings is 1. The van der Waals surface area contributed by atoms with Gasteiger partial charge in [0.2, 0.25) is 0 Å². The van der Waals surface area contributed by atoms with Crippen LogP contribution in [0.15, 0.2) is 18.2 Å². The molecule has 0 N–H and O–H groups in total. The van der Waals surface area contributed by atoms with Crippen molar-refractivity contribution in [1.29, 1.82) is 0 Å². The average molecular weight is 305 g/mol. The number of carbonyl (C=O) groups is 1. The van der Waals surface area contributed by atoms with Gasteiger partial charge in [0, 0.05) is 6.54 Å². The van der Waals surface area contributed by atoms with E-state index in [4.69, 9.17) is 9.47 Å². The molecule has 1 fully saturated rings. The molecule has 0 bridgehead atoms. The zero-order valence-corrected chi connectivity index (χ0v) is 13.8. The van der Waals surface area contributed by atoms with Gasteiger partial charge in [0.25, 0.3) is 0 Å². The van der Waals surface area contributed by atoms with E-state index in [0.717, 1.165) is 38.0 Å². The predicted molar refractivity (Wildman–Crippen MR) is 87.5 cm³/mol. The van der Waals surface area contributed by atoms with Gasteiger partial charge >= 0.3 is 5.97 Å². The molecule has 0 spiro atoms. The topological polar surface area (TPSA) is 38.8 Å². The Balaban J connectivity index is 1.91. The van der Waals surface area contributed by atoms with E-state index in [1.165, 1.54) is 12.8 Å². The zero-order valence-electron chi connectivity index (χ0n) is 13.8. The lowest BCUT2D eigenvalue weighted by molar-refractivity contribution is 0.0467. The minimum Gasteiger partial charge on any atom is -0.493 e. The maximum absolute atomic E-state index is 12.4. The summed E-state index contributed by atoms with van der Waals surface area (Å²) in [7, 11) is 0. The summed E-state index contributed by atoms with van der Waals surface area (Å²) in [6.45, 7) is 8.18. The molecular formula is C18H27NO3. The molecule has 0 amide bonds. The molecule has 1 aliphatic rings. The minimum atomic E-state index is -0.274. The largest absolute Gasteiger partial charge is 0.493 e. The average Bonchev–Trinajstić information content (AvgIpc) is 3.01. The first-order chi connectivity index (χ1) is 10.7. The van der Waals surface area contributed by atoms with Crippen molar-refractivity contribution in [3.05, 3.63) is 29.3 Å². The van der Waals surface area contributed by atoms with Crippen LogP contribution in [0.2, 0.25) is 0 Å². The second-order valence-electron chi connectivity index (χ2n) is 5.83. The Morgan fingerprint density at radius 3 is 2.73 bits per heavy atom. The Morgan fingerprint density at radius 1 is 1.23 bits per heavy atom. The van der Waals surface area contributed by atoms with Crippen LogP contribution in [-0.4, -0.2) is 43.7 Å². The number of aryl methyl sites for hydroxylation is 1. The number of hydrogen-bond acceptors (Lipinski definition) is 4. The van der Waals surface area contributed by atoms with E-state index < -0.39 is 0 Å². The molecule has 4 heteroatoms. The van der Waals surface area contributed by atoms with Crippen molar-refractivity contribution in [2.45, 2.75) is 39.5 Å². The standard InChI is InChI=1S/C18H27NO3/c1-3-4-13-21-16-9-7-8-15(2)17(16)18(20)22-14-12-19-10-5-6-11-19/h7-9H,3-6,10-14H2,1-2H3. The lowest BCUT2D eigenvalue weighted by Crippen LogP contribution is -2.25. The summed E-state index contributed by atoms with van der Waals surface area (Å²) in [6, 6.07) is 5.68. The van der Waals surface area contributed by atoms with Crippen molar-refractivity contribution in [3.8, 4) is 5.75 Å². The van der Waals surface area contributed by atoms with E-state index in [0.29, 0.717) is 24.5 Å². The fourth-order valence-electron chi connectivity index (χ4n) is 2.70. The normalized spacial score (nSPS) is 15.0. The fraction of sp³-hybridized carbons (Fsp3) is 0.611. The maximum atomic E-state index is 12.4. The number of likely N-dealkylation sites (tertiary alicyclic amines) is 1. The van der Waals surface area contributed by atoms with Gasteiger partial charge in [0.15, 0.2) is 0 Å². The minimum absolute atomic E-state index is 0.274. The van der Waals surface area contributed by atoms with Crippen LogP contribution in [0.5, 0.6) is 5.75 Å². The van der Waals surface area contributed by atoms with Crippen LogP contribution in [0.25, 0.3) is 0 Å². The third-order valence-electron chi connectivity index (χ3n) is 4.03. The lowest BCUT2D eigenvalue weighted by Gasteiger charge is -2.16. The third kappa shape index (κ3) is 4.73. The van der Waals surface area contributed by atoms with Crippen LogP contribution in [-0.2, 0) is 4.74 Å².